The van der Waals surface area contributed by atoms with E-state index in [2.05, 4.69) is 11.7 Å². The van der Waals surface area contributed by atoms with Crippen molar-refractivity contribution in [1.29, 1.82) is 0 Å². The molecular formula is C19H23F7O. The molecule has 0 bridgehead atoms. The minimum absolute atomic E-state index is 0.523. The largest absolute Gasteiger partial charge is 0.439 e. The molecule has 0 saturated heterocycles. The molecule has 0 heterocycles. The van der Waals surface area contributed by atoms with Gasteiger partial charge in [-0.15, -0.1) is 0 Å². The molecule has 1 atom stereocenters. The van der Waals surface area contributed by atoms with Crippen LogP contribution in [-0.4, -0.2) is 18.5 Å². The molecule has 8 heteroatoms. The van der Waals surface area contributed by atoms with Gasteiger partial charge in [0.25, 0.3) is 6.17 Å². The average Bonchev–Trinajstić information content (AvgIpc) is 2.61. The lowest BCUT2D eigenvalue weighted by Crippen LogP contribution is -2.45. The van der Waals surface area contributed by atoms with Gasteiger partial charge in [-0.05, 0) is 42.4 Å². The first kappa shape index (κ1) is 21.8. The van der Waals surface area contributed by atoms with E-state index in [1.54, 1.807) is 0 Å². The summed E-state index contributed by atoms with van der Waals surface area (Å²) in [5, 5.41) is 0. The Morgan fingerprint density at radius 1 is 1.04 bits per heavy atom. The Hall–Kier alpha value is -1.47. The molecule has 1 nitrogen and oxygen atoms in total. The standard InChI is InChI=1S/C19H23F7O/c1-2-12-3-5-13(6-4-12)7-8-14-9-10-16(15(20)11-14)27-19(25,26)17(21)18(22,23)24/h9-13,17H,2-8H2,1H3. The van der Waals surface area contributed by atoms with E-state index in [1.165, 1.54) is 18.9 Å². The Bertz CT molecular complexity index is 607. The van der Waals surface area contributed by atoms with E-state index >= 15 is 0 Å². The predicted octanol–water partition coefficient (Wildman–Crippen LogP) is 6.85. The van der Waals surface area contributed by atoms with Gasteiger partial charge in [0.2, 0.25) is 0 Å². The van der Waals surface area contributed by atoms with Gasteiger partial charge in [-0.25, -0.2) is 8.78 Å². The zero-order valence-corrected chi connectivity index (χ0v) is 15.0. The summed E-state index contributed by atoms with van der Waals surface area (Å²) in [7, 11) is 0. The van der Waals surface area contributed by atoms with Gasteiger partial charge in [0, 0.05) is 0 Å². The van der Waals surface area contributed by atoms with Crippen LogP contribution < -0.4 is 4.74 Å². The summed E-state index contributed by atoms with van der Waals surface area (Å²) < 4.78 is 93.3. The van der Waals surface area contributed by atoms with Crippen LogP contribution in [0.25, 0.3) is 0 Å². The van der Waals surface area contributed by atoms with E-state index in [-0.39, 0.29) is 0 Å². The molecule has 0 spiro atoms. The van der Waals surface area contributed by atoms with E-state index in [1.807, 2.05) is 0 Å². The maximum Gasteiger partial charge on any atom is 0.439 e. The highest BCUT2D eigenvalue weighted by Gasteiger charge is 2.59. The molecule has 1 unspecified atom stereocenters. The zero-order valence-electron chi connectivity index (χ0n) is 15.0. The Morgan fingerprint density at radius 3 is 2.15 bits per heavy atom. The molecule has 1 saturated carbocycles. The van der Waals surface area contributed by atoms with Gasteiger partial charge in [-0.1, -0.05) is 45.1 Å². The minimum atomic E-state index is -5.81. The van der Waals surface area contributed by atoms with Crippen LogP contribution in [0.5, 0.6) is 5.75 Å². The van der Waals surface area contributed by atoms with Gasteiger partial charge in [-0.2, -0.15) is 22.0 Å². The number of aryl methyl sites for hydroxylation is 1. The monoisotopic (exact) mass is 400 g/mol. The van der Waals surface area contributed by atoms with Crippen molar-refractivity contribution in [1.82, 2.24) is 0 Å². The molecular weight excluding hydrogens is 377 g/mol. The van der Waals surface area contributed by atoms with Crippen LogP contribution in [0, 0.1) is 17.7 Å². The SMILES string of the molecule is CCC1CCC(CCc2ccc(OC(F)(F)C(F)C(F)(F)F)c(F)c2)CC1. The molecule has 27 heavy (non-hydrogen) atoms. The van der Waals surface area contributed by atoms with Crippen molar-refractivity contribution >= 4 is 0 Å². The fourth-order valence-corrected chi connectivity index (χ4v) is 3.47. The molecule has 1 aromatic carbocycles. The molecule has 0 N–H and O–H groups in total. The Labute approximate surface area is 153 Å². The molecule has 0 aliphatic heterocycles. The fourth-order valence-electron chi connectivity index (χ4n) is 3.47. The smallest absolute Gasteiger partial charge is 0.427 e. The second-order valence-corrected chi connectivity index (χ2v) is 7.17. The van der Waals surface area contributed by atoms with E-state index in [4.69, 9.17) is 0 Å². The number of halogens is 7. The van der Waals surface area contributed by atoms with Crippen LogP contribution in [0.2, 0.25) is 0 Å². The lowest BCUT2D eigenvalue weighted by atomic mass is 9.78. The van der Waals surface area contributed by atoms with Gasteiger partial charge < -0.3 is 4.74 Å². The lowest BCUT2D eigenvalue weighted by Gasteiger charge is -2.27. The molecule has 1 aromatic rings. The summed E-state index contributed by atoms with van der Waals surface area (Å²) in [5.74, 6) is -1.07. The second-order valence-electron chi connectivity index (χ2n) is 7.17. The quantitative estimate of drug-likeness (QED) is 0.455. The lowest BCUT2D eigenvalue weighted by molar-refractivity contribution is -0.305. The number of benzene rings is 1. The first-order valence-corrected chi connectivity index (χ1v) is 9.09. The Kier molecular flexibility index (Phi) is 7.03. The van der Waals surface area contributed by atoms with Crippen LogP contribution in [0.15, 0.2) is 18.2 Å². The van der Waals surface area contributed by atoms with E-state index in [0.29, 0.717) is 17.9 Å². The van der Waals surface area contributed by atoms with E-state index in [9.17, 15) is 30.7 Å². The molecule has 154 valence electrons. The summed E-state index contributed by atoms with van der Waals surface area (Å²) in [6, 6.07) is 3.08. The third kappa shape index (κ3) is 6.01. The highest BCUT2D eigenvalue weighted by atomic mass is 19.4. The molecule has 0 radical (unpaired) electrons. The molecule has 1 aliphatic carbocycles. The average molecular weight is 400 g/mol. The Balaban J connectivity index is 1.93. The van der Waals surface area contributed by atoms with Gasteiger partial charge in [-0.3, -0.25) is 0 Å². The number of alkyl halides is 6. The van der Waals surface area contributed by atoms with Crippen LogP contribution in [0.1, 0.15) is 51.0 Å². The number of hydrogen-bond acceptors (Lipinski definition) is 1. The molecule has 0 aromatic heterocycles. The summed E-state index contributed by atoms with van der Waals surface area (Å²) in [5.41, 5.74) is 0.536. The van der Waals surface area contributed by atoms with E-state index < -0.39 is 30.0 Å². The topological polar surface area (TPSA) is 9.23 Å². The van der Waals surface area contributed by atoms with Gasteiger partial charge in [0.1, 0.15) is 0 Å². The fraction of sp³-hybridized carbons (Fsp3) is 0.684. The number of rotatable bonds is 7. The van der Waals surface area contributed by atoms with Crippen LogP contribution in [0.4, 0.5) is 30.7 Å². The van der Waals surface area contributed by atoms with Crippen molar-refractivity contribution in [3.63, 3.8) is 0 Å². The molecule has 2 rings (SSSR count). The van der Waals surface area contributed by atoms with Crippen molar-refractivity contribution in [2.45, 2.75) is 70.3 Å². The first-order valence-electron chi connectivity index (χ1n) is 9.09. The maximum atomic E-state index is 13.9. The normalized spacial score (nSPS) is 22.5. The third-order valence-electron chi connectivity index (χ3n) is 5.21. The van der Waals surface area contributed by atoms with Crippen molar-refractivity contribution in [3.8, 4) is 5.75 Å². The highest BCUT2D eigenvalue weighted by Crippen LogP contribution is 2.37. The van der Waals surface area contributed by atoms with Crippen LogP contribution in [-0.2, 0) is 6.42 Å². The van der Waals surface area contributed by atoms with Crippen molar-refractivity contribution < 1.29 is 35.5 Å². The van der Waals surface area contributed by atoms with Crippen LogP contribution >= 0.6 is 0 Å². The van der Waals surface area contributed by atoms with Gasteiger partial charge >= 0.3 is 12.3 Å². The van der Waals surface area contributed by atoms with Gasteiger partial charge in [0.05, 0.1) is 0 Å². The summed E-state index contributed by atoms with van der Waals surface area (Å²) in [6.07, 6.45) is -8.50. The van der Waals surface area contributed by atoms with Crippen LogP contribution in [0.3, 0.4) is 0 Å². The zero-order chi connectivity index (χ0) is 20.2. The maximum absolute atomic E-state index is 13.9. The Morgan fingerprint density at radius 2 is 1.63 bits per heavy atom. The van der Waals surface area contributed by atoms with E-state index in [0.717, 1.165) is 43.7 Å². The van der Waals surface area contributed by atoms with Crippen molar-refractivity contribution in [3.05, 3.63) is 29.6 Å². The number of hydrogen-bond donors (Lipinski definition) is 0. The number of ether oxygens (including phenoxy) is 1. The van der Waals surface area contributed by atoms with Gasteiger partial charge in [0.15, 0.2) is 11.6 Å². The highest BCUT2D eigenvalue weighted by molar-refractivity contribution is 5.30. The minimum Gasteiger partial charge on any atom is -0.427 e. The molecule has 1 fully saturated rings. The summed E-state index contributed by atoms with van der Waals surface area (Å²) >= 11 is 0. The van der Waals surface area contributed by atoms with Crippen molar-refractivity contribution in [2.75, 3.05) is 0 Å². The summed E-state index contributed by atoms with van der Waals surface area (Å²) in [4.78, 5) is 0. The first-order chi connectivity index (χ1) is 12.5. The third-order valence-corrected chi connectivity index (χ3v) is 5.21. The predicted molar refractivity (Wildman–Crippen MR) is 87.0 cm³/mol. The molecule has 0 amide bonds. The van der Waals surface area contributed by atoms with Crippen molar-refractivity contribution in [2.24, 2.45) is 11.8 Å². The molecule has 1 aliphatic rings. The summed E-state index contributed by atoms with van der Waals surface area (Å²) in [6.45, 7) is 2.17. The second kappa shape index (κ2) is 8.69.